The minimum absolute atomic E-state index is 0.0601. The lowest BCUT2D eigenvalue weighted by Gasteiger charge is -2.44. The SMILES string of the molecule is Cc1nc2cc(-c3ccc(C(F)(F)F)nc3)nn2c(N2CCC[C@@](C(=O)O)(C(C)C)C2)c1C(C)C. The number of carboxylic acid groups (broad SMARTS) is 1. The van der Waals surface area contributed by atoms with Gasteiger partial charge in [-0.1, -0.05) is 27.7 Å². The van der Waals surface area contributed by atoms with Crippen molar-refractivity contribution in [3.8, 4) is 11.3 Å². The van der Waals surface area contributed by atoms with Crippen LogP contribution < -0.4 is 4.90 Å². The maximum atomic E-state index is 12.9. The van der Waals surface area contributed by atoms with Crippen LogP contribution in [0.1, 0.15) is 63.4 Å². The standard InChI is InChI=1S/C25H30F3N5O2/c1-14(2)21-16(5)30-20-11-18(17-7-8-19(29-12-17)25(26,27)28)31-33(20)22(21)32-10-6-9-24(13-32,15(3)4)23(34)35/h7-8,11-12,14-15H,6,9-10,13H2,1-5H3,(H,34,35)/t24-/m0/s1. The second kappa shape index (κ2) is 8.80. The fraction of sp³-hybridized carbons (Fsp3) is 0.520. The van der Waals surface area contributed by atoms with Crippen molar-refractivity contribution in [2.24, 2.45) is 11.3 Å². The van der Waals surface area contributed by atoms with E-state index in [4.69, 9.17) is 10.1 Å². The lowest BCUT2D eigenvalue weighted by atomic mass is 9.71. The number of aryl methyl sites for hydroxylation is 1. The van der Waals surface area contributed by atoms with Gasteiger partial charge in [0, 0.05) is 42.2 Å². The molecule has 10 heteroatoms. The topological polar surface area (TPSA) is 83.6 Å². The van der Waals surface area contributed by atoms with Crippen molar-refractivity contribution in [3.63, 3.8) is 0 Å². The molecular weight excluding hydrogens is 459 g/mol. The van der Waals surface area contributed by atoms with Crippen LogP contribution in [0.15, 0.2) is 24.4 Å². The largest absolute Gasteiger partial charge is 0.481 e. The van der Waals surface area contributed by atoms with Crippen LogP contribution in [-0.4, -0.2) is 43.7 Å². The Hall–Kier alpha value is -3.17. The van der Waals surface area contributed by atoms with E-state index < -0.39 is 23.3 Å². The number of carbonyl (C=O) groups is 1. The van der Waals surface area contributed by atoms with Gasteiger partial charge >= 0.3 is 12.1 Å². The third kappa shape index (κ3) is 4.34. The Bertz CT molecular complexity index is 1250. The molecule has 1 aliphatic rings. The Balaban J connectivity index is 1.87. The zero-order valence-corrected chi connectivity index (χ0v) is 20.5. The molecule has 1 aliphatic heterocycles. The van der Waals surface area contributed by atoms with Crippen molar-refractivity contribution in [1.29, 1.82) is 0 Å². The highest BCUT2D eigenvalue weighted by Crippen LogP contribution is 2.41. The van der Waals surface area contributed by atoms with Gasteiger partial charge in [-0.25, -0.2) is 4.98 Å². The van der Waals surface area contributed by atoms with E-state index in [9.17, 15) is 23.1 Å². The van der Waals surface area contributed by atoms with E-state index in [1.807, 2.05) is 20.8 Å². The molecule has 3 aromatic heterocycles. The average molecular weight is 490 g/mol. The first kappa shape index (κ1) is 24.9. The Morgan fingerprint density at radius 3 is 2.46 bits per heavy atom. The zero-order chi connectivity index (χ0) is 25.7. The minimum Gasteiger partial charge on any atom is -0.481 e. The summed E-state index contributed by atoms with van der Waals surface area (Å²) in [5, 5.41) is 14.9. The van der Waals surface area contributed by atoms with Crippen molar-refractivity contribution >= 4 is 17.4 Å². The minimum atomic E-state index is -4.52. The number of aromatic nitrogens is 4. The normalized spacial score (nSPS) is 19.2. The molecule has 1 N–H and O–H groups in total. The Kier molecular flexibility index (Phi) is 6.27. The lowest BCUT2D eigenvalue weighted by molar-refractivity contribution is -0.152. The van der Waals surface area contributed by atoms with Gasteiger partial charge in [0.05, 0.1) is 11.1 Å². The summed E-state index contributed by atoms with van der Waals surface area (Å²) in [5.41, 5.74) is 1.38. The molecule has 0 bridgehead atoms. The predicted molar refractivity (Wildman–Crippen MR) is 126 cm³/mol. The summed E-state index contributed by atoms with van der Waals surface area (Å²) < 4.78 is 40.6. The molecule has 0 unspecified atom stereocenters. The molecule has 0 aromatic carbocycles. The summed E-state index contributed by atoms with van der Waals surface area (Å²) in [6.45, 7) is 10.9. The molecule has 7 nitrogen and oxygen atoms in total. The number of halogens is 3. The maximum Gasteiger partial charge on any atom is 0.433 e. The highest BCUT2D eigenvalue weighted by molar-refractivity contribution is 5.77. The average Bonchev–Trinajstić information content (AvgIpc) is 3.20. The van der Waals surface area contributed by atoms with Gasteiger partial charge in [-0.15, -0.1) is 0 Å². The monoisotopic (exact) mass is 489 g/mol. The van der Waals surface area contributed by atoms with Crippen molar-refractivity contribution in [2.75, 3.05) is 18.0 Å². The number of alkyl halides is 3. The number of carboxylic acids is 1. The quantitative estimate of drug-likeness (QED) is 0.505. The van der Waals surface area contributed by atoms with E-state index in [1.165, 1.54) is 6.07 Å². The van der Waals surface area contributed by atoms with Gasteiger partial charge in [-0.2, -0.15) is 22.8 Å². The van der Waals surface area contributed by atoms with Crippen molar-refractivity contribution in [3.05, 3.63) is 41.3 Å². The van der Waals surface area contributed by atoms with E-state index in [0.717, 1.165) is 35.8 Å². The van der Waals surface area contributed by atoms with Crippen LogP contribution >= 0.6 is 0 Å². The molecule has 0 spiro atoms. The molecule has 1 fully saturated rings. The van der Waals surface area contributed by atoms with Gasteiger partial charge in [0.25, 0.3) is 0 Å². The second-order valence-electron chi connectivity index (χ2n) is 9.96. The second-order valence-corrected chi connectivity index (χ2v) is 9.96. The predicted octanol–water partition coefficient (Wildman–Crippen LogP) is 5.57. The van der Waals surface area contributed by atoms with E-state index >= 15 is 0 Å². The number of nitrogens with zero attached hydrogens (tertiary/aromatic N) is 5. The summed E-state index contributed by atoms with van der Waals surface area (Å²) in [6, 6.07) is 4.01. The summed E-state index contributed by atoms with van der Waals surface area (Å²) >= 11 is 0. The van der Waals surface area contributed by atoms with Gasteiger partial charge in [0.2, 0.25) is 0 Å². The molecule has 0 saturated carbocycles. The van der Waals surface area contributed by atoms with Crippen LogP contribution in [0.5, 0.6) is 0 Å². The first-order valence-electron chi connectivity index (χ1n) is 11.8. The summed E-state index contributed by atoms with van der Waals surface area (Å²) in [5.74, 6) is 0.0273. The molecule has 0 radical (unpaired) electrons. The van der Waals surface area contributed by atoms with Crippen LogP contribution in [0.25, 0.3) is 16.9 Å². The molecule has 0 aliphatic carbocycles. The number of aliphatic carboxylic acids is 1. The maximum absolute atomic E-state index is 12.9. The van der Waals surface area contributed by atoms with Crippen molar-refractivity contribution < 1.29 is 23.1 Å². The summed E-state index contributed by atoms with van der Waals surface area (Å²) in [6.07, 6.45) is -2.03. The molecule has 3 aromatic rings. The molecule has 0 amide bonds. The van der Waals surface area contributed by atoms with E-state index in [1.54, 1.807) is 10.6 Å². The molecule has 188 valence electrons. The number of fused-ring (bicyclic) bond motifs is 1. The molecule has 35 heavy (non-hydrogen) atoms. The van der Waals surface area contributed by atoms with Crippen LogP contribution in [0, 0.1) is 18.3 Å². The third-order valence-corrected chi connectivity index (χ3v) is 7.09. The third-order valence-electron chi connectivity index (χ3n) is 7.09. The fourth-order valence-corrected chi connectivity index (χ4v) is 5.11. The number of anilines is 1. The van der Waals surface area contributed by atoms with E-state index in [-0.39, 0.29) is 11.8 Å². The molecular formula is C25H30F3N5O2. The smallest absolute Gasteiger partial charge is 0.433 e. The van der Waals surface area contributed by atoms with Crippen LogP contribution in [0.3, 0.4) is 0 Å². The Morgan fingerprint density at radius 1 is 1.20 bits per heavy atom. The van der Waals surface area contributed by atoms with Gasteiger partial charge in [-0.3, -0.25) is 9.78 Å². The van der Waals surface area contributed by atoms with Gasteiger partial charge in [0.15, 0.2) is 5.65 Å². The highest BCUT2D eigenvalue weighted by Gasteiger charge is 2.46. The van der Waals surface area contributed by atoms with Crippen molar-refractivity contribution in [2.45, 2.75) is 59.6 Å². The lowest BCUT2D eigenvalue weighted by Crippen LogP contribution is -2.51. The van der Waals surface area contributed by atoms with Gasteiger partial charge in [0.1, 0.15) is 11.5 Å². The highest BCUT2D eigenvalue weighted by atomic mass is 19.4. The number of hydrogen-bond donors (Lipinski definition) is 1. The number of piperidine rings is 1. The molecule has 4 rings (SSSR count). The number of hydrogen-bond acceptors (Lipinski definition) is 5. The van der Waals surface area contributed by atoms with Crippen molar-refractivity contribution in [1.82, 2.24) is 19.6 Å². The Labute approximate surface area is 202 Å². The molecule has 1 saturated heterocycles. The van der Waals surface area contributed by atoms with Gasteiger partial charge in [-0.05, 0) is 43.7 Å². The van der Waals surface area contributed by atoms with Crippen LogP contribution in [-0.2, 0) is 11.0 Å². The Morgan fingerprint density at radius 2 is 1.91 bits per heavy atom. The first-order chi connectivity index (χ1) is 16.3. The zero-order valence-electron chi connectivity index (χ0n) is 20.5. The van der Waals surface area contributed by atoms with E-state index in [2.05, 4.69) is 23.7 Å². The molecule has 1 atom stereocenters. The van der Waals surface area contributed by atoms with Gasteiger partial charge < -0.3 is 10.0 Å². The molecule has 4 heterocycles. The number of pyridine rings is 1. The number of rotatable bonds is 5. The van der Waals surface area contributed by atoms with Crippen LogP contribution in [0.2, 0.25) is 0 Å². The van der Waals surface area contributed by atoms with E-state index in [0.29, 0.717) is 36.4 Å². The fourth-order valence-electron chi connectivity index (χ4n) is 5.11. The first-order valence-corrected chi connectivity index (χ1v) is 11.8. The summed E-state index contributed by atoms with van der Waals surface area (Å²) in [4.78, 5) is 22.8. The summed E-state index contributed by atoms with van der Waals surface area (Å²) in [7, 11) is 0. The van der Waals surface area contributed by atoms with Crippen LogP contribution in [0.4, 0.5) is 19.0 Å².